The Morgan fingerprint density at radius 1 is 1.14 bits per heavy atom. The van der Waals surface area contributed by atoms with E-state index in [0.717, 1.165) is 30.2 Å². The van der Waals surface area contributed by atoms with Gasteiger partial charge in [0.15, 0.2) is 5.16 Å². The van der Waals surface area contributed by atoms with E-state index in [1.165, 1.54) is 47.4 Å². The Hall–Kier alpha value is -2.34. The van der Waals surface area contributed by atoms with Crippen molar-refractivity contribution >= 4 is 28.4 Å². The molecule has 0 bridgehead atoms. The molecule has 1 aromatic heterocycles. The summed E-state index contributed by atoms with van der Waals surface area (Å²) < 4.78 is 2.28. The summed E-state index contributed by atoms with van der Waals surface area (Å²) in [5.41, 5.74) is 6.74. The van der Waals surface area contributed by atoms with Crippen molar-refractivity contribution in [2.24, 2.45) is 5.73 Å². The number of thioether (sulfide) groups is 1. The fourth-order valence-electron chi connectivity index (χ4n) is 4.05. The van der Waals surface area contributed by atoms with Gasteiger partial charge in [-0.25, -0.2) is 0 Å². The molecule has 28 heavy (non-hydrogen) atoms. The van der Waals surface area contributed by atoms with Crippen molar-refractivity contribution in [3.63, 3.8) is 0 Å². The standard InChI is InChI=1S/C22H26N4OS/c1-15(21(23)27)28-22-25-24-20(26(22)18-11-3-2-4-12-18)14-17-10-7-9-16-8-5-6-13-19(16)17/h5-10,13,15,18H,2-4,11-12,14H2,1H3,(H2,23,27)/t15-/m0/s1. The van der Waals surface area contributed by atoms with Gasteiger partial charge >= 0.3 is 0 Å². The summed E-state index contributed by atoms with van der Waals surface area (Å²) in [6.45, 7) is 1.83. The molecule has 0 spiro atoms. The van der Waals surface area contributed by atoms with E-state index in [0.29, 0.717) is 6.04 Å². The van der Waals surface area contributed by atoms with Crippen molar-refractivity contribution in [1.82, 2.24) is 14.8 Å². The third-order valence-electron chi connectivity index (χ3n) is 5.59. The maximum absolute atomic E-state index is 11.6. The van der Waals surface area contributed by atoms with E-state index in [2.05, 4.69) is 57.2 Å². The minimum absolute atomic E-state index is 0.321. The molecule has 1 fully saturated rings. The largest absolute Gasteiger partial charge is 0.369 e. The Morgan fingerprint density at radius 3 is 2.68 bits per heavy atom. The van der Waals surface area contributed by atoms with Crippen LogP contribution in [0.1, 0.15) is 56.5 Å². The second-order valence-electron chi connectivity index (χ2n) is 7.54. The molecule has 1 aliphatic carbocycles. The fraction of sp³-hybridized carbons (Fsp3) is 0.409. The van der Waals surface area contributed by atoms with Crippen molar-refractivity contribution in [3.8, 4) is 0 Å². The third kappa shape index (κ3) is 3.92. The van der Waals surface area contributed by atoms with Crippen molar-refractivity contribution in [2.45, 2.75) is 61.9 Å². The van der Waals surface area contributed by atoms with Crippen LogP contribution in [0.25, 0.3) is 10.8 Å². The molecule has 0 saturated heterocycles. The van der Waals surface area contributed by atoms with Crippen molar-refractivity contribution in [1.29, 1.82) is 0 Å². The molecule has 1 saturated carbocycles. The Labute approximate surface area is 169 Å². The summed E-state index contributed by atoms with van der Waals surface area (Å²) in [7, 11) is 0. The molecule has 1 heterocycles. The Kier molecular flexibility index (Phi) is 5.67. The highest BCUT2D eigenvalue weighted by atomic mass is 32.2. The van der Waals surface area contributed by atoms with Gasteiger partial charge in [-0.05, 0) is 36.1 Å². The van der Waals surface area contributed by atoms with E-state index >= 15 is 0 Å². The van der Waals surface area contributed by atoms with E-state index in [-0.39, 0.29) is 11.2 Å². The van der Waals surface area contributed by atoms with E-state index in [9.17, 15) is 4.79 Å². The third-order valence-corrected chi connectivity index (χ3v) is 6.66. The Morgan fingerprint density at radius 2 is 1.89 bits per heavy atom. The monoisotopic (exact) mass is 394 g/mol. The zero-order chi connectivity index (χ0) is 19.5. The minimum Gasteiger partial charge on any atom is -0.369 e. The molecule has 1 atom stereocenters. The van der Waals surface area contributed by atoms with Gasteiger partial charge in [0.05, 0.1) is 5.25 Å². The maximum atomic E-state index is 11.6. The Balaban J connectivity index is 1.71. The Bertz CT molecular complexity index is 972. The van der Waals surface area contributed by atoms with Gasteiger partial charge in [0, 0.05) is 12.5 Å². The summed E-state index contributed by atoms with van der Waals surface area (Å²) >= 11 is 1.42. The van der Waals surface area contributed by atoms with Gasteiger partial charge in [0.1, 0.15) is 5.82 Å². The summed E-state index contributed by atoms with van der Waals surface area (Å²) in [4.78, 5) is 11.6. The molecular formula is C22H26N4OS. The topological polar surface area (TPSA) is 73.8 Å². The normalized spacial score (nSPS) is 16.3. The molecule has 6 heteroatoms. The zero-order valence-corrected chi connectivity index (χ0v) is 17.0. The number of carbonyl (C=O) groups is 1. The lowest BCUT2D eigenvalue weighted by Crippen LogP contribution is -2.24. The SMILES string of the molecule is C[C@H](Sc1nnc(Cc2cccc3ccccc23)n1C1CCCCC1)C(N)=O. The van der Waals surface area contributed by atoms with Gasteiger partial charge in [-0.2, -0.15) is 0 Å². The lowest BCUT2D eigenvalue weighted by molar-refractivity contribution is -0.117. The van der Waals surface area contributed by atoms with Crippen LogP contribution in [0, 0.1) is 0 Å². The van der Waals surface area contributed by atoms with Crippen LogP contribution in [-0.4, -0.2) is 25.9 Å². The number of amides is 1. The summed E-state index contributed by atoms with van der Waals surface area (Å²) in [6, 6.07) is 15.3. The van der Waals surface area contributed by atoms with Crippen molar-refractivity contribution in [2.75, 3.05) is 0 Å². The maximum Gasteiger partial charge on any atom is 0.230 e. The zero-order valence-electron chi connectivity index (χ0n) is 16.2. The number of nitrogens with two attached hydrogens (primary N) is 1. The molecule has 146 valence electrons. The molecule has 0 aliphatic heterocycles. The molecule has 5 nitrogen and oxygen atoms in total. The number of aromatic nitrogens is 3. The minimum atomic E-state index is -0.322. The molecule has 1 aliphatic rings. The first-order valence-electron chi connectivity index (χ1n) is 10.00. The number of hydrogen-bond acceptors (Lipinski definition) is 4. The van der Waals surface area contributed by atoms with Crippen molar-refractivity contribution < 1.29 is 4.79 Å². The van der Waals surface area contributed by atoms with Crippen LogP contribution >= 0.6 is 11.8 Å². The highest BCUT2D eigenvalue weighted by Crippen LogP contribution is 2.34. The first-order chi connectivity index (χ1) is 13.6. The smallest absolute Gasteiger partial charge is 0.230 e. The van der Waals surface area contributed by atoms with Crippen LogP contribution in [0.4, 0.5) is 0 Å². The van der Waals surface area contributed by atoms with Gasteiger partial charge < -0.3 is 10.3 Å². The van der Waals surface area contributed by atoms with Crippen LogP contribution < -0.4 is 5.73 Å². The van der Waals surface area contributed by atoms with Crippen LogP contribution in [0.5, 0.6) is 0 Å². The molecule has 2 aromatic carbocycles. The molecular weight excluding hydrogens is 368 g/mol. The molecule has 0 unspecified atom stereocenters. The highest BCUT2D eigenvalue weighted by molar-refractivity contribution is 8.00. The summed E-state index contributed by atoms with van der Waals surface area (Å²) in [6.07, 6.45) is 6.75. The first kappa shape index (κ1) is 19.0. The average molecular weight is 395 g/mol. The summed E-state index contributed by atoms with van der Waals surface area (Å²) in [5, 5.41) is 12.0. The lowest BCUT2D eigenvalue weighted by Gasteiger charge is -2.26. The average Bonchev–Trinajstić information content (AvgIpc) is 3.11. The van der Waals surface area contributed by atoms with Gasteiger partial charge in [0.2, 0.25) is 5.91 Å². The van der Waals surface area contributed by atoms with Gasteiger partial charge in [-0.15, -0.1) is 10.2 Å². The number of carbonyl (C=O) groups excluding carboxylic acids is 1. The van der Waals surface area contributed by atoms with Crippen LogP contribution in [0.3, 0.4) is 0 Å². The predicted octanol–water partition coefficient (Wildman–Crippen LogP) is 4.49. The molecule has 3 aromatic rings. The van der Waals surface area contributed by atoms with Gasteiger partial charge in [-0.3, -0.25) is 4.79 Å². The van der Waals surface area contributed by atoms with Crippen LogP contribution in [-0.2, 0) is 11.2 Å². The number of rotatable bonds is 6. The van der Waals surface area contributed by atoms with E-state index in [4.69, 9.17) is 5.73 Å². The van der Waals surface area contributed by atoms with Gasteiger partial charge in [0.25, 0.3) is 0 Å². The number of hydrogen-bond donors (Lipinski definition) is 1. The molecule has 1 amide bonds. The van der Waals surface area contributed by atoms with Crippen molar-refractivity contribution in [3.05, 3.63) is 53.9 Å². The van der Waals surface area contributed by atoms with Crippen LogP contribution in [0.15, 0.2) is 47.6 Å². The molecule has 0 radical (unpaired) electrons. The second-order valence-corrected chi connectivity index (χ2v) is 8.85. The van der Waals surface area contributed by atoms with E-state index in [1.807, 2.05) is 6.92 Å². The van der Waals surface area contributed by atoms with E-state index < -0.39 is 0 Å². The highest BCUT2D eigenvalue weighted by Gasteiger charge is 2.25. The van der Waals surface area contributed by atoms with Gasteiger partial charge in [-0.1, -0.05) is 73.5 Å². The molecule has 4 rings (SSSR count). The summed E-state index contributed by atoms with van der Waals surface area (Å²) in [5.74, 6) is 0.654. The second kappa shape index (κ2) is 8.35. The lowest BCUT2D eigenvalue weighted by atomic mass is 9.95. The quantitative estimate of drug-likeness (QED) is 0.625. The number of benzene rings is 2. The number of fused-ring (bicyclic) bond motifs is 1. The number of primary amides is 1. The fourth-order valence-corrected chi connectivity index (χ4v) is 4.94. The number of nitrogens with zero attached hydrogens (tertiary/aromatic N) is 3. The van der Waals surface area contributed by atoms with E-state index in [1.54, 1.807) is 0 Å². The van der Waals surface area contributed by atoms with Crippen LogP contribution in [0.2, 0.25) is 0 Å². The predicted molar refractivity (Wildman–Crippen MR) is 113 cm³/mol. The molecule has 2 N–H and O–H groups in total. The first-order valence-corrected chi connectivity index (χ1v) is 10.9.